The number of fused-ring (bicyclic) bond motifs is 1. The molecule has 0 fully saturated rings. The number of nitrogen functional groups attached to an aromatic ring is 1. The highest BCUT2D eigenvalue weighted by Crippen LogP contribution is 2.32. The molecule has 0 saturated heterocycles. The van der Waals surface area contributed by atoms with Gasteiger partial charge in [-0.05, 0) is 31.5 Å². The Kier molecular flexibility index (Phi) is 2.43. The zero-order chi connectivity index (χ0) is 10.1. The number of anilines is 1. The summed E-state index contributed by atoms with van der Waals surface area (Å²) >= 11 is 1.42. The number of nitrogens with one attached hydrogen (secondary N) is 1. The molecule has 76 valence electrons. The van der Waals surface area contributed by atoms with E-state index in [-0.39, 0.29) is 0 Å². The van der Waals surface area contributed by atoms with Gasteiger partial charge in [-0.25, -0.2) is 4.79 Å². The van der Waals surface area contributed by atoms with Crippen molar-refractivity contribution in [2.24, 2.45) is 0 Å². The summed E-state index contributed by atoms with van der Waals surface area (Å²) in [4.78, 5) is 12.1. The van der Waals surface area contributed by atoms with E-state index >= 15 is 0 Å². The Bertz CT molecular complexity index is 373. The Morgan fingerprint density at radius 2 is 2.14 bits per heavy atom. The van der Waals surface area contributed by atoms with Crippen LogP contribution in [0, 0.1) is 0 Å². The summed E-state index contributed by atoms with van der Waals surface area (Å²) in [5.41, 5.74) is 6.95. The van der Waals surface area contributed by atoms with Gasteiger partial charge < -0.3 is 16.2 Å². The van der Waals surface area contributed by atoms with Crippen LogP contribution in [-0.4, -0.2) is 24.2 Å². The number of carboxylic acid groups (broad SMARTS) is 1. The molecule has 1 aliphatic heterocycles. The van der Waals surface area contributed by atoms with E-state index < -0.39 is 5.97 Å². The second-order valence-electron chi connectivity index (χ2n) is 3.30. The summed E-state index contributed by atoms with van der Waals surface area (Å²) in [5.74, 6) is -0.901. The Balaban J connectivity index is 2.49. The Labute approximate surface area is 85.7 Å². The Morgan fingerprint density at radius 3 is 2.86 bits per heavy atom. The monoisotopic (exact) mass is 212 g/mol. The zero-order valence-corrected chi connectivity index (χ0v) is 8.49. The first-order valence-corrected chi connectivity index (χ1v) is 5.36. The van der Waals surface area contributed by atoms with Crippen LogP contribution in [0.5, 0.6) is 0 Å². The third-order valence-corrected chi connectivity index (χ3v) is 3.53. The predicted octanol–water partition coefficient (Wildman–Crippen LogP) is 0.717. The van der Waals surface area contributed by atoms with Crippen molar-refractivity contribution in [2.45, 2.75) is 12.8 Å². The van der Waals surface area contributed by atoms with Crippen LogP contribution in [0.4, 0.5) is 5.00 Å². The number of carboxylic acids is 1. The molecule has 0 unspecified atom stereocenters. The van der Waals surface area contributed by atoms with Crippen molar-refractivity contribution in [3.63, 3.8) is 0 Å². The topological polar surface area (TPSA) is 75.4 Å². The molecule has 0 amide bonds. The van der Waals surface area contributed by atoms with Crippen molar-refractivity contribution in [3.05, 3.63) is 16.0 Å². The van der Waals surface area contributed by atoms with Gasteiger partial charge in [0.25, 0.3) is 0 Å². The van der Waals surface area contributed by atoms with E-state index in [9.17, 15) is 4.79 Å². The highest BCUT2D eigenvalue weighted by atomic mass is 32.1. The Morgan fingerprint density at radius 1 is 1.43 bits per heavy atom. The molecule has 1 aliphatic rings. The molecule has 1 aromatic heterocycles. The molecule has 2 rings (SSSR count). The van der Waals surface area contributed by atoms with Crippen molar-refractivity contribution in [1.29, 1.82) is 0 Å². The summed E-state index contributed by atoms with van der Waals surface area (Å²) in [5, 5.41) is 12.7. The van der Waals surface area contributed by atoms with E-state index in [0.717, 1.165) is 36.4 Å². The van der Waals surface area contributed by atoms with E-state index in [1.165, 1.54) is 11.3 Å². The van der Waals surface area contributed by atoms with Crippen LogP contribution in [0.25, 0.3) is 0 Å². The van der Waals surface area contributed by atoms with Gasteiger partial charge in [0.1, 0.15) is 5.00 Å². The van der Waals surface area contributed by atoms with Gasteiger partial charge in [0.05, 0.1) is 5.56 Å². The number of nitrogens with two attached hydrogens (primary N) is 1. The lowest BCUT2D eigenvalue weighted by atomic mass is 10.1. The molecule has 0 atom stereocenters. The largest absolute Gasteiger partial charge is 0.478 e. The molecule has 0 spiro atoms. The molecule has 2 heterocycles. The van der Waals surface area contributed by atoms with Gasteiger partial charge in [0.15, 0.2) is 0 Å². The van der Waals surface area contributed by atoms with E-state index in [2.05, 4.69) is 5.32 Å². The van der Waals surface area contributed by atoms with Crippen LogP contribution < -0.4 is 11.1 Å². The number of rotatable bonds is 1. The van der Waals surface area contributed by atoms with Gasteiger partial charge in [0.2, 0.25) is 0 Å². The fourth-order valence-corrected chi connectivity index (χ4v) is 2.88. The third-order valence-electron chi connectivity index (χ3n) is 2.41. The highest BCUT2D eigenvalue weighted by Gasteiger charge is 2.22. The van der Waals surface area contributed by atoms with Gasteiger partial charge in [-0.15, -0.1) is 11.3 Å². The standard InChI is InChI=1S/C9H12N2O2S/c10-8-7(9(12)13)5-1-3-11-4-2-6(5)14-8/h11H,1-4,10H2,(H,12,13). The maximum absolute atomic E-state index is 11.0. The average molecular weight is 212 g/mol. The SMILES string of the molecule is Nc1sc2c(c1C(=O)O)CCNCC2. The average Bonchev–Trinajstić information content (AvgIpc) is 2.31. The molecule has 5 heteroatoms. The number of hydrogen-bond acceptors (Lipinski definition) is 4. The smallest absolute Gasteiger partial charge is 0.338 e. The van der Waals surface area contributed by atoms with E-state index in [1.54, 1.807) is 0 Å². The maximum Gasteiger partial charge on any atom is 0.338 e. The van der Waals surface area contributed by atoms with Gasteiger partial charge in [0, 0.05) is 4.88 Å². The van der Waals surface area contributed by atoms with Crippen LogP contribution >= 0.6 is 11.3 Å². The Hall–Kier alpha value is -1.07. The lowest BCUT2D eigenvalue weighted by Gasteiger charge is -1.99. The second kappa shape index (κ2) is 3.59. The van der Waals surface area contributed by atoms with Crippen LogP contribution in [0.3, 0.4) is 0 Å². The highest BCUT2D eigenvalue weighted by molar-refractivity contribution is 7.16. The van der Waals surface area contributed by atoms with Crippen molar-refractivity contribution < 1.29 is 9.90 Å². The first kappa shape index (κ1) is 9.48. The minimum absolute atomic E-state index is 0.328. The molecule has 0 radical (unpaired) electrons. The van der Waals surface area contributed by atoms with E-state index in [0.29, 0.717) is 10.6 Å². The lowest BCUT2D eigenvalue weighted by molar-refractivity contribution is 0.0697. The first-order valence-electron chi connectivity index (χ1n) is 4.54. The fraction of sp³-hybridized carbons (Fsp3) is 0.444. The molecule has 0 aliphatic carbocycles. The molecule has 0 saturated carbocycles. The summed E-state index contributed by atoms with van der Waals surface area (Å²) in [7, 11) is 0. The van der Waals surface area contributed by atoms with Crippen LogP contribution in [0.1, 0.15) is 20.8 Å². The summed E-state index contributed by atoms with van der Waals surface area (Å²) in [6.07, 6.45) is 1.65. The maximum atomic E-state index is 11.0. The minimum Gasteiger partial charge on any atom is -0.478 e. The molecular weight excluding hydrogens is 200 g/mol. The molecule has 4 N–H and O–H groups in total. The summed E-state index contributed by atoms with van der Waals surface area (Å²) in [6, 6.07) is 0. The fourth-order valence-electron chi connectivity index (χ4n) is 1.77. The van der Waals surface area contributed by atoms with Gasteiger partial charge in [-0.1, -0.05) is 0 Å². The summed E-state index contributed by atoms with van der Waals surface area (Å²) < 4.78 is 0. The van der Waals surface area contributed by atoms with Crippen molar-refractivity contribution in [1.82, 2.24) is 5.32 Å². The molecule has 14 heavy (non-hydrogen) atoms. The quantitative estimate of drug-likeness (QED) is 0.641. The number of aromatic carboxylic acids is 1. The van der Waals surface area contributed by atoms with Gasteiger partial charge >= 0.3 is 5.97 Å². The van der Waals surface area contributed by atoms with Crippen molar-refractivity contribution in [3.8, 4) is 0 Å². The van der Waals surface area contributed by atoms with Gasteiger partial charge in [-0.3, -0.25) is 0 Å². The number of hydrogen-bond donors (Lipinski definition) is 3. The third kappa shape index (κ3) is 1.49. The molecule has 1 aromatic rings. The predicted molar refractivity (Wildman–Crippen MR) is 56.0 cm³/mol. The number of carbonyl (C=O) groups is 1. The minimum atomic E-state index is -0.901. The lowest BCUT2D eigenvalue weighted by Crippen LogP contribution is -2.16. The number of thiophene rings is 1. The molecular formula is C9H12N2O2S. The molecule has 4 nitrogen and oxygen atoms in total. The van der Waals surface area contributed by atoms with Crippen LogP contribution in [-0.2, 0) is 12.8 Å². The molecule has 0 bridgehead atoms. The summed E-state index contributed by atoms with van der Waals surface area (Å²) in [6.45, 7) is 1.75. The normalized spacial score (nSPS) is 16.0. The molecule has 0 aromatic carbocycles. The first-order chi connectivity index (χ1) is 6.70. The van der Waals surface area contributed by atoms with Crippen molar-refractivity contribution in [2.75, 3.05) is 18.8 Å². The van der Waals surface area contributed by atoms with Gasteiger partial charge in [-0.2, -0.15) is 0 Å². The van der Waals surface area contributed by atoms with E-state index in [1.807, 2.05) is 0 Å². The van der Waals surface area contributed by atoms with E-state index in [4.69, 9.17) is 10.8 Å². The van der Waals surface area contributed by atoms with Crippen LogP contribution in [0.2, 0.25) is 0 Å². The van der Waals surface area contributed by atoms with Crippen molar-refractivity contribution >= 4 is 22.3 Å². The second-order valence-corrected chi connectivity index (χ2v) is 4.43. The van der Waals surface area contributed by atoms with Crippen LogP contribution in [0.15, 0.2) is 0 Å². The zero-order valence-electron chi connectivity index (χ0n) is 7.67.